The van der Waals surface area contributed by atoms with Crippen molar-refractivity contribution in [2.45, 2.75) is 4.90 Å². The molecule has 1 aromatic carbocycles. The first-order chi connectivity index (χ1) is 13.0. The molecule has 4 rings (SSSR count). The largest absolute Gasteiger partial charge is 0.495 e. The molecular formula is C19H14ClN3O3S. The molecule has 0 atom stereocenters. The van der Waals surface area contributed by atoms with Crippen LogP contribution in [0.4, 0.5) is 0 Å². The van der Waals surface area contributed by atoms with Crippen LogP contribution in [0.5, 0.6) is 5.75 Å². The summed E-state index contributed by atoms with van der Waals surface area (Å²) in [5, 5.41) is 0.950. The minimum atomic E-state index is -3.82. The predicted molar refractivity (Wildman–Crippen MR) is 104 cm³/mol. The Hall–Kier alpha value is -2.90. The molecule has 4 aromatic rings. The van der Waals surface area contributed by atoms with E-state index in [1.165, 1.54) is 17.3 Å². The van der Waals surface area contributed by atoms with Crippen molar-refractivity contribution in [2.24, 2.45) is 0 Å². The highest BCUT2D eigenvalue weighted by Crippen LogP contribution is 2.34. The van der Waals surface area contributed by atoms with Gasteiger partial charge in [-0.05, 0) is 35.9 Å². The van der Waals surface area contributed by atoms with Gasteiger partial charge in [0.25, 0.3) is 10.0 Å². The number of hydrogen-bond acceptors (Lipinski definition) is 5. The van der Waals surface area contributed by atoms with Crippen LogP contribution in [0.2, 0.25) is 5.15 Å². The van der Waals surface area contributed by atoms with Gasteiger partial charge in [-0.2, -0.15) is 0 Å². The second-order valence-electron chi connectivity index (χ2n) is 5.77. The van der Waals surface area contributed by atoms with Gasteiger partial charge in [-0.3, -0.25) is 0 Å². The van der Waals surface area contributed by atoms with E-state index in [1.54, 1.807) is 60.9 Å². The summed E-state index contributed by atoms with van der Waals surface area (Å²) in [6, 6.07) is 13.4. The standard InChI is InChI=1S/C19H14ClN3O3S/c1-26-14-10-16-17(13-7-8-21-18(20)9-13)12-23(19(16)22-11-14)27(24,25)15-5-3-2-4-6-15/h2-12H,1H3. The molecule has 0 fully saturated rings. The SMILES string of the molecule is COc1cnc2c(c1)c(-c1ccnc(Cl)c1)cn2S(=O)(=O)c1ccccc1. The predicted octanol–water partition coefficient (Wildman–Crippen LogP) is 4.00. The third-order valence-electron chi connectivity index (χ3n) is 4.16. The van der Waals surface area contributed by atoms with Gasteiger partial charge < -0.3 is 4.74 Å². The normalized spacial score (nSPS) is 11.6. The smallest absolute Gasteiger partial charge is 0.269 e. The van der Waals surface area contributed by atoms with E-state index in [4.69, 9.17) is 16.3 Å². The Bertz CT molecular complexity index is 1240. The molecule has 0 radical (unpaired) electrons. The fourth-order valence-corrected chi connectivity index (χ4v) is 4.38. The maximum atomic E-state index is 13.2. The van der Waals surface area contributed by atoms with Crippen LogP contribution in [0.25, 0.3) is 22.2 Å². The van der Waals surface area contributed by atoms with Crippen molar-refractivity contribution < 1.29 is 13.2 Å². The van der Waals surface area contributed by atoms with E-state index in [0.29, 0.717) is 27.5 Å². The average molecular weight is 400 g/mol. The second-order valence-corrected chi connectivity index (χ2v) is 7.97. The summed E-state index contributed by atoms with van der Waals surface area (Å²) >= 11 is 6.02. The molecule has 0 amide bonds. The molecule has 0 aliphatic rings. The van der Waals surface area contributed by atoms with Crippen molar-refractivity contribution in [3.8, 4) is 16.9 Å². The third-order valence-corrected chi connectivity index (χ3v) is 6.03. The van der Waals surface area contributed by atoms with Gasteiger partial charge in [-0.15, -0.1) is 0 Å². The van der Waals surface area contributed by atoms with Gasteiger partial charge in [0, 0.05) is 23.3 Å². The van der Waals surface area contributed by atoms with Gasteiger partial charge in [-0.25, -0.2) is 22.4 Å². The molecule has 0 saturated heterocycles. The van der Waals surface area contributed by atoms with Crippen LogP contribution in [-0.4, -0.2) is 29.5 Å². The number of fused-ring (bicyclic) bond motifs is 1. The summed E-state index contributed by atoms with van der Waals surface area (Å²) in [5.74, 6) is 0.527. The highest BCUT2D eigenvalue weighted by atomic mass is 35.5. The maximum absolute atomic E-state index is 13.2. The molecule has 3 aromatic heterocycles. The molecule has 0 aliphatic carbocycles. The number of ether oxygens (including phenoxy) is 1. The fraction of sp³-hybridized carbons (Fsp3) is 0.0526. The van der Waals surface area contributed by atoms with Crippen molar-refractivity contribution in [1.29, 1.82) is 0 Å². The Morgan fingerprint density at radius 3 is 2.56 bits per heavy atom. The Morgan fingerprint density at radius 1 is 1.07 bits per heavy atom. The Balaban J connectivity index is 2.03. The molecule has 6 nitrogen and oxygen atoms in total. The lowest BCUT2D eigenvalue weighted by Crippen LogP contribution is -2.12. The lowest BCUT2D eigenvalue weighted by atomic mass is 10.1. The molecular weight excluding hydrogens is 386 g/mol. The highest BCUT2D eigenvalue weighted by Gasteiger charge is 2.23. The Morgan fingerprint density at radius 2 is 1.85 bits per heavy atom. The van der Waals surface area contributed by atoms with Crippen molar-refractivity contribution in [3.63, 3.8) is 0 Å². The number of methoxy groups -OCH3 is 1. The molecule has 136 valence electrons. The monoisotopic (exact) mass is 399 g/mol. The summed E-state index contributed by atoms with van der Waals surface area (Å²) in [6.07, 6.45) is 4.61. The number of pyridine rings is 2. The van der Waals surface area contributed by atoms with Crippen LogP contribution < -0.4 is 4.74 Å². The molecule has 27 heavy (non-hydrogen) atoms. The quantitative estimate of drug-likeness (QED) is 0.485. The zero-order valence-corrected chi connectivity index (χ0v) is 15.8. The van der Waals surface area contributed by atoms with Crippen molar-refractivity contribution in [2.75, 3.05) is 7.11 Å². The fourth-order valence-electron chi connectivity index (χ4n) is 2.86. The first kappa shape index (κ1) is 17.5. The van der Waals surface area contributed by atoms with Crippen LogP contribution in [0.15, 0.2) is 72.0 Å². The van der Waals surface area contributed by atoms with Crippen LogP contribution in [0, 0.1) is 0 Å². The molecule has 0 N–H and O–H groups in total. The topological polar surface area (TPSA) is 74.1 Å². The van der Waals surface area contributed by atoms with Gasteiger partial charge in [0.2, 0.25) is 0 Å². The molecule has 3 heterocycles. The number of aromatic nitrogens is 3. The second kappa shape index (κ2) is 6.68. The van der Waals surface area contributed by atoms with Gasteiger partial charge in [0.05, 0.1) is 18.2 Å². The van der Waals surface area contributed by atoms with Crippen LogP contribution in [0.3, 0.4) is 0 Å². The number of rotatable bonds is 4. The molecule has 0 spiro atoms. The number of halogens is 1. The summed E-state index contributed by atoms with van der Waals surface area (Å²) in [4.78, 5) is 8.48. The Labute approximate surface area is 161 Å². The van der Waals surface area contributed by atoms with E-state index in [1.807, 2.05) is 0 Å². The highest BCUT2D eigenvalue weighted by molar-refractivity contribution is 7.90. The summed E-state index contributed by atoms with van der Waals surface area (Å²) in [5.41, 5.74) is 1.71. The van der Waals surface area contributed by atoms with E-state index in [9.17, 15) is 8.42 Å². The zero-order valence-electron chi connectivity index (χ0n) is 14.2. The lowest BCUT2D eigenvalue weighted by Gasteiger charge is -2.07. The number of hydrogen-bond donors (Lipinski definition) is 0. The average Bonchev–Trinajstić information content (AvgIpc) is 3.08. The van der Waals surface area contributed by atoms with E-state index in [-0.39, 0.29) is 4.90 Å². The molecule has 0 aliphatic heterocycles. The maximum Gasteiger partial charge on any atom is 0.269 e. The molecule has 0 bridgehead atoms. The number of benzene rings is 1. The molecule has 8 heteroatoms. The first-order valence-corrected chi connectivity index (χ1v) is 9.80. The van der Waals surface area contributed by atoms with E-state index in [0.717, 1.165) is 5.56 Å². The van der Waals surface area contributed by atoms with Crippen molar-refractivity contribution in [1.82, 2.24) is 13.9 Å². The minimum absolute atomic E-state index is 0.179. The zero-order chi connectivity index (χ0) is 19.0. The summed E-state index contributed by atoms with van der Waals surface area (Å²) in [7, 11) is -2.29. The first-order valence-electron chi connectivity index (χ1n) is 7.98. The third kappa shape index (κ3) is 3.05. The summed E-state index contributed by atoms with van der Waals surface area (Å²) in [6.45, 7) is 0. The van der Waals surface area contributed by atoms with Crippen LogP contribution in [-0.2, 0) is 10.0 Å². The van der Waals surface area contributed by atoms with E-state index < -0.39 is 10.0 Å². The van der Waals surface area contributed by atoms with E-state index in [2.05, 4.69) is 9.97 Å². The van der Waals surface area contributed by atoms with E-state index >= 15 is 0 Å². The molecule has 0 unspecified atom stereocenters. The summed E-state index contributed by atoms with van der Waals surface area (Å²) < 4.78 is 32.8. The molecule has 0 saturated carbocycles. The van der Waals surface area contributed by atoms with Gasteiger partial charge in [0.1, 0.15) is 10.9 Å². The van der Waals surface area contributed by atoms with Crippen molar-refractivity contribution >= 4 is 32.7 Å². The number of nitrogens with zero attached hydrogens (tertiary/aromatic N) is 3. The van der Waals surface area contributed by atoms with Gasteiger partial charge >= 0.3 is 0 Å². The Kier molecular flexibility index (Phi) is 4.33. The lowest BCUT2D eigenvalue weighted by molar-refractivity contribution is 0.413. The van der Waals surface area contributed by atoms with Crippen molar-refractivity contribution in [3.05, 3.63) is 72.3 Å². The van der Waals surface area contributed by atoms with Gasteiger partial charge in [0.15, 0.2) is 5.65 Å². The van der Waals surface area contributed by atoms with Crippen LogP contribution in [0.1, 0.15) is 0 Å². The minimum Gasteiger partial charge on any atom is -0.495 e. The van der Waals surface area contributed by atoms with Gasteiger partial charge in [-0.1, -0.05) is 29.8 Å². The van der Waals surface area contributed by atoms with Crippen LogP contribution >= 0.6 is 11.6 Å².